The number of fused-ring (bicyclic) bond motifs is 1. The van der Waals surface area contributed by atoms with Gasteiger partial charge in [-0.25, -0.2) is 4.68 Å². The number of nitrogens with zero attached hydrogens (tertiary/aromatic N) is 4. The predicted octanol–water partition coefficient (Wildman–Crippen LogP) is 4.37. The standard InChI is InChI=1S/C21H17N5O2S/c1-27-16-6-4-14(5-7-16)17-13-19(18-3-2-12-28-18)29-21-24-23-20(26(21)25-17)15-8-10-22-11-9-15/h2-13,17,25H,1H3. The largest absolute Gasteiger partial charge is 0.497 e. The molecule has 0 saturated carbocycles. The molecule has 1 unspecified atom stereocenters. The van der Waals surface area contributed by atoms with Crippen molar-refractivity contribution in [3.05, 3.63) is 84.6 Å². The highest BCUT2D eigenvalue weighted by atomic mass is 32.2. The molecule has 4 aromatic rings. The third-order valence-electron chi connectivity index (χ3n) is 4.60. The first-order valence-corrected chi connectivity index (χ1v) is 9.83. The Morgan fingerprint density at radius 1 is 1.07 bits per heavy atom. The van der Waals surface area contributed by atoms with Crippen LogP contribution in [0.4, 0.5) is 0 Å². The van der Waals surface area contributed by atoms with Gasteiger partial charge in [-0.1, -0.05) is 12.1 Å². The lowest BCUT2D eigenvalue weighted by Gasteiger charge is -2.18. The van der Waals surface area contributed by atoms with Gasteiger partial charge in [0.2, 0.25) is 5.16 Å². The van der Waals surface area contributed by atoms with Crippen LogP contribution in [0.25, 0.3) is 16.3 Å². The summed E-state index contributed by atoms with van der Waals surface area (Å²) in [6.07, 6.45) is 7.30. The van der Waals surface area contributed by atoms with Gasteiger partial charge in [-0.3, -0.25) is 4.98 Å². The lowest BCUT2D eigenvalue weighted by molar-refractivity contribution is 0.414. The molecule has 7 nitrogen and oxygen atoms in total. The van der Waals surface area contributed by atoms with E-state index in [1.54, 1.807) is 25.8 Å². The number of rotatable bonds is 4. The maximum absolute atomic E-state index is 5.65. The van der Waals surface area contributed by atoms with E-state index in [1.807, 2.05) is 53.2 Å². The minimum absolute atomic E-state index is 0.119. The Balaban J connectivity index is 1.60. The van der Waals surface area contributed by atoms with Gasteiger partial charge < -0.3 is 14.6 Å². The van der Waals surface area contributed by atoms with Crippen LogP contribution in [-0.2, 0) is 0 Å². The summed E-state index contributed by atoms with van der Waals surface area (Å²) in [5.41, 5.74) is 5.56. The van der Waals surface area contributed by atoms with Crippen LogP contribution >= 0.6 is 11.8 Å². The Morgan fingerprint density at radius 3 is 2.62 bits per heavy atom. The van der Waals surface area contributed by atoms with Gasteiger partial charge in [0.05, 0.1) is 24.3 Å². The summed E-state index contributed by atoms with van der Waals surface area (Å²) >= 11 is 1.51. The van der Waals surface area contributed by atoms with Crippen molar-refractivity contribution in [2.45, 2.75) is 11.2 Å². The lowest BCUT2D eigenvalue weighted by Crippen LogP contribution is -2.20. The number of nitrogens with one attached hydrogen (secondary N) is 1. The van der Waals surface area contributed by atoms with Crippen LogP contribution in [-0.4, -0.2) is 27.0 Å². The molecule has 1 N–H and O–H groups in total. The van der Waals surface area contributed by atoms with Gasteiger partial charge in [0, 0.05) is 18.0 Å². The molecule has 0 fully saturated rings. The minimum atomic E-state index is -0.119. The summed E-state index contributed by atoms with van der Waals surface area (Å²) in [6.45, 7) is 0. The average Bonchev–Trinajstić information content (AvgIpc) is 3.41. The molecule has 4 heterocycles. The molecule has 29 heavy (non-hydrogen) atoms. The highest BCUT2D eigenvalue weighted by Crippen LogP contribution is 2.39. The SMILES string of the molecule is COc1ccc(C2C=C(c3ccco3)Sc3nnc(-c4ccncc4)n3N2)cc1. The number of furan rings is 1. The molecule has 8 heteroatoms. The summed E-state index contributed by atoms with van der Waals surface area (Å²) in [7, 11) is 1.66. The van der Waals surface area contributed by atoms with Crippen LogP contribution < -0.4 is 10.2 Å². The van der Waals surface area contributed by atoms with E-state index in [4.69, 9.17) is 9.15 Å². The molecule has 0 saturated heterocycles. The summed E-state index contributed by atoms with van der Waals surface area (Å²) in [4.78, 5) is 5.06. The molecule has 1 aliphatic rings. The molecule has 0 amide bonds. The normalized spacial score (nSPS) is 15.8. The van der Waals surface area contributed by atoms with Crippen LogP contribution in [0.1, 0.15) is 17.4 Å². The molecule has 5 rings (SSSR count). The number of hydrogen-bond donors (Lipinski definition) is 1. The second kappa shape index (κ2) is 7.48. The summed E-state index contributed by atoms with van der Waals surface area (Å²) < 4.78 is 12.9. The van der Waals surface area contributed by atoms with Gasteiger partial charge >= 0.3 is 0 Å². The van der Waals surface area contributed by atoms with Crippen molar-refractivity contribution >= 4 is 16.7 Å². The van der Waals surface area contributed by atoms with Gasteiger partial charge in [-0.2, -0.15) is 0 Å². The van der Waals surface area contributed by atoms with E-state index in [9.17, 15) is 0 Å². The number of hydrogen-bond acceptors (Lipinski definition) is 7. The third kappa shape index (κ3) is 3.38. The number of methoxy groups -OCH3 is 1. The molecule has 1 atom stereocenters. The van der Waals surface area contributed by atoms with E-state index in [1.165, 1.54) is 11.8 Å². The van der Waals surface area contributed by atoms with Gasteiger partial charge in [-0.15, -0.1) is 10.2 Å². The van der Waals surface area contributed by atoms with Crippen LogP contribution in [0, 0.1) is 0 Å². The predicted molar refractivity (Wildman–Crippen MR) is 111 cm³/mol. The van der Waals surface area contributed by atoms with Crippen molar-refractivity contribution in [3.8, 4) is 17.1 Å². The van der Waals surface area contributed by atoms with Crippen molar-refractivity contribution in [3.63, 3.8) is 0 Å². The smallest absolute Gasteiger partial charge is 0.215 e. The molecule has 0 spiro atoms. The Labute approximate surface area is 171 Å². The molecular formula is C21H17N5O2S. The summed E-state index contributed by atoms with van der Waals surface area (Å²) in [5, 5.41) is 9.54. The van der Waals surface area contributed by atoms with Crippen molar-refractivity contribution < 1.29 is 9.15 Å². The van der Waals surface area contributed by atoms with Crippen molar-refractivity contribution in [2.24, 2.45) is 0 Å². The van der Waals surface area contributed by atoms with Gasteiger partial charge in [0.1, 0.15) is 11.5 Å². The quantitative estimate of drug-likeness (QED) is 0.542. The van der Waals surface area contributed by atoms with Crippen molar-refractivity contribution in [2.75, 3.05) is 12.5 Å². The second-order valence-electron chi connectivity index (χ2n) is 6.37. The summed E-state index contributed by atoms with van der Waals surface area (Å²) in [6, 6.07) is 15.5. The highest BCUT2D eigenvalue weighted by molar-refractivity contribution is 8.08. The first-order chi connectivity index (χ1) is 14.3. The zero-order chi connectivity index (χ0) is 19.6. The first-order valence-electron chi connectivity index (χ1n) is 9.01. The molecule has 1 aliphatic heterocycles. The minimum Gasteiger partial charge on any atom is -0.497 e. The molecule has 0 radical (unpaired) electrons. The Kier molecular flexibility index (Phi) is 4.53. The Morgan fingerprint density at radius 2 is 1.90 bits per heavy atom. The molecule has 1 aromatic carbocycles. The zero-order valence-corrected chi connectivity index (χ0v) is 16.3. The third-order valence-corrected chi connectivity index (χ3v) is 5.60. The van der Waals surface area contributed by atoms with Gasteiger partial charge in [0.15, 0.2) is 5.82 Å². The number of aromatic nitrogens is 4. The number of thioether (sulfide) groups is 1. The van der Waals surface area contributed by atoms with Crippen LogP contribution in [0.3, 0.4) is 0 Å². The highest BCUT2D eigenvalue weighted by Gasteiger charge is 2.25. The summed E-state index contributed by atoms with van der Waals surface area (Å²) in [5.74, 6) is 2.33. The fraction of sp³-hybridized carbons (Fsp3) is 0.0952. The Bertz CT molecular complexity index is 1140. The zero-order valence-electron chi connectivity index (χ0n) is 15.5. The van der Waals surface area contributed by atoms with E-state index in [0.717, 1.165) is 38.5 Å². The molecule has 144 valence electrons. The lowest BCUT2D eigenvalue weighted by atomic mass is 10.1. The maximum Gasteiger partial charge on any atom is 0.215 e. The molecule has 3 aromatic heterocycles. The monoisotopic (exact) mass is 403 g/mol. The van der Waals surface area contributed by atoms with Crippen LogP contribution in [0.2, 0.25) is 0 Å². The number of pyridine rings is 1. The van der Waals surface area contributed by atoms with Crippen LogP contribution in [0.5, 0.6) is 5.75 Å². The number of benzene rings is 1. The van der Waals surface area contributed by atoms with Gasteiger partial charge in [0.25, 0.3) is 0 Å². The maximum atomic E-state index is 5.65. The van der Waals surface area contributed by atoms with E-state index in [0.29, 0.717) is 0 Å². The molecule has 0 aliphatic carbocycles. The van der Waals surface area contributed by atoms with E-state index < -0.39 is 0 Å². The van der Waals surface area contributed by atoms with Gasteiger partial charge in [-0.05, 0) is 59.8 Å². The fourth-order valence-corrected chi connectivity index (χ4v) is 4.06. The van der Waals surface area contributed by atoms with Crippen molar-refractivity contribution in [1.29, 1.82) is 0 Å². The van der Waals surface area contributed by atoms with Crippen molar-refractivity contribution in [1.82, 2.24) is 19.9 Å². The van der Waals surface area contributed by atoms with E-state index in [-0.39, 0.29) is 6.04 Å². The topological polar surface area (TPSA) is 78.0 Å². The second-order valence-corrected chi connectivity index (χ2v) is 7.38. The molecule has 0 bridgehead atoms. The average molecular weight is 403 g/mol. The fourth-order valence-electron chi connectivity index (χ4n) is 3.13. The Hall–Kier alpha value is -3.52. The number of ether oxygens (including phenoxy) is 1. The van der Waals surface area contributed by atoms with E-state index >= 15 is 0 Å². The first kappa shape index (κ1) is 17.6. The van der Waals surface area contributed by atoms with Crippen LogP contribution in [0.15, 0.2) is 82.8 Å². The molecular weight excluding hydrogens is 386 g/mol. The van der Waals surface area contributed by atoms with E-state index in [2.05, 4.69) is 26.7 Å².